The summed E-state index contributed by atoms with van der Waals surface area (Å²) >= 11 is 0. The molecule has 0 aliphatic carbocycles. The highest BCUT2D eigenvalue weighted by Crippen LogP contribution is 2.23. The maximum Gasteiger partial charge on any atom is 0.0220 e. The molecule has 0 saturated carbocycles. The van der Waals surface area contributed by atoms with Crippen molar-refractivity contribution in [3.8, 4) is 0 Å². The first-order valence-corrected chi connectivity index (χ1v) is 7.44. The zero-order valence-electron chi connectivity index (χ0n) is 12.6. The van der Waals surface area contributed by atoms with Crippen molar-refractivity contribution in [1.29, 1.82) is 0 Å². The van der Waals surface area contributed by atoms with Crippen LogP contribution in [0.25, 0.3) is 0 Å². The van der Waals surface area contributed by atoms with Crippen LogP contribution in [-0.2, 0) is 0 Å². The molecule has 1 aliphatic rings. The molecular weight excluding hydrogens is 208 g/mol. The molecule has 17 heavy (non-hydrogen) atoms. The Morgan fingerprint density at radius 3 is 2.65 bits per heavy atom. The van der Waals surface area contributed by atoms with E-state index in [0.717, 1.165) is 5.92 Å². The molecule has 1 fully saturated rings. The Morgan fingerprint density at radius 2 is 2.06 bits per heavy atom. The summed E-state index contributed by atoms with van der Waals surface area (Å²) in [6, 6.07) is 0.690. The van der Waals surface area contributed by atoms with Gasteiger partial charge in [0.15, 0.2) is 0 Å². The quantitative estimate of drug-likeness (QED) is 0.794. The second-order valence-electron chi connectivity index (χ2n) is 6.55. The van der Waals surface area contributed by atoms with Gasteiger partial charge in [-0.1, -0.05) is 41.0 Å². The summed E-state index contributed by atoms with van der Waals surface area (Å²) in [5.41, 5.74) is 0.463. The van der Waals surface area contributed by atoms with Crippen LogP contribution < -0.4 is 5.32 Å². The first-order chi connectivity index (χ1) is 7.98. The SMILES string of the molecule is CCC(C)C1CN(CC(C)(C)CC)CCCN1. The van der Waals surface area contributed by atoms with Gasteiger partial charge in [0.1, 0.15) is 0 Å². The maximum atomic E-state index is 3.72. The van der Waals surface area contributed by atoms with Crippen LogP contribution in [0.2, 0.25) is 0 Å². The zero-order chi connectivity index (χ0) is 12.9. The van der Waals surface area contributed by atoms with Gasteiger partial charge in [-0.15, -0.1) is 0 Å². The van der Waals surface area contributed by atoms with Gasteiger partial charge in [-0.05, 0) is 37.3 Å². The van der Waals surface area contributed by atoms with Crippen LogP contribution >= 0.6 is 0 Å². The van der Waals surface area contributed by atoms with E-state index in [9.17, 15) is 0 Å². The van der Waals surface area contributed by atoms with E-state index in [1.807, 2.05) is 0 Å². The van der Waals surface area contributed by atoms with Crippen LogP contribution in [0.4, 0.5) is 0 Å². The van der Waals surface area contributed by atoms with Crippen molar-refractivity contribution in [3.05, 3.63) is 0 Å². The van der Waals surface area contributed by atoms with Gasteiger partial charge in [-0.3, -0.25) is 0 Å². The number of hydrogen-bond donors (Lipinski definition) is 1. The lowest BCUT2D eigenvalue weighted by Crippen LogP contribution is -2.44. The summed E-state index contributed by atoms with van der Waals surface area (Å²) < 4.78 is 0. The Labute approximate surface area is 108 Å². The van der Waals surface area contributed by atoms with Crippen molar-refractivity contribution in [3.63, 3.8) is 0 Å². The highest BCUT2D eigenvalue weighted by Gasteiger charge is 2.25. The third kappa shape index (κ3) is 4.97. The highest BCUT2D eigenvalue weighted by atomic mass is 15.2. The zero-order valence-corrected chi connectivity index (χ0v) is 12.6. The third-order valence-corrected chi connectivity index (χ3v) is 4.45. The molecular formula is C15H32N2. The lowest BCUT2D eigenvalue weighted by Gasteiger charge is -2.34. The second kappa shape index (κ2) is 6.75. The van der Waals surface area contributed by atoms with Crippen molar-refractivity contribution in [2.75, 3.05) is 26.2 Å². The van der Waals surface area contributed by atoms with Crippen LogP contribution in [0, 0.1) is 11.3 Å². The first-order valence-electron chi connectivity index (χ1n) is 7.44. The second-order valence-corrected chi connectivity index (χ2v) is 6.55. The predicted molar refractivity (Wildman–Crippen MR) is 76.4 cm³/mol. The van der Waals surface area contributed by atoms with E-state index in [0.29, 0.717) is 11.5 Å². The van der Waals surface area contributed by atoms with Crippen LogP contribution in [-0.4, -0.2) is 37.1 Å². The first kappa shape index (κ1) is 15.0. The fourth-order valence-electron chi connectivity index (χ4n) is 2.55. The Bertz CT molecular complexity index is 213. The minimum atomic E-state index is 0.463. The Hall–Kier alpha value is -0.0800. The van der Waals surface area contributed by atoms with E-state index in [1.54, 1.807) is 0 Å². The maximum absolute atomic E-state index is 3.72. The average molecular weight is 240 g/mol. The Morgan fingerprint density at radius 1 is 1.35 bits per heavy atom. The highest BCUT2D eigenvalue weighted by molar-refractivity contribution is 4.82. The Kier molecular flexibility index (Phi) is 5.94. The molecule has 2 nitrogen and oxygen atoms in total. The molecule has 0 spiro atoms. The number of rotatable bonds is 5. The average Bonchev–Trinajstić information content (AvgIpc) is 2.53. The van der Waals surface area contributed by atoms with Crippen LogP contribution in [0.3, 0.4) is 0 Å². The molecule has 0 aromatic rings. The van der Waals surface area contributed by atoms with Crippen molar-refractivity contribution >= 4 is 0 Å². The Balaban J connectivity index is 2.54. The lowest BCUT2D eigenvalue weighted by atomic mass is 9.89. The smallest absolute Gasteiger partial charge is 0.0220 e. The van der Waals surface area contributed by atoms with E-state index >= 15 is 0 Å². The van der Waals surface area contributed by atoms with E-state index in [1.165, 1.54) is 45.4 Å². The summed E-state index contributed by atoms with van der Waals surface area (Å²) in [4.78, 5) is 2.68. The molecule has 1 aliphatic heterocycles. The molecule has 0 bridgehead atoms. The van der Waals surface area contributed by atoms with Crippen molar-refractivity contribution in [2.45, 2.75) is 59.9 Å². The molecule has 1 heterocycles. The molecule has 0 radical (unpaired) electrons. The topological polar surface area (TPSA) is 15.3 Å². The number of hydrogen-bond acceptors (Lipinski definition) is 2. The van der Waals surface area contributed by atoms with Crippen molar-refractivity contribution in [2.24, 2.45) is 11.3 Å². The number of nitrogens with zero attached hydrogens (tertiary/aromatic N) is 1. The van der Waals surface area contributed by atoms with Crippen molar-refractivity contribution in [1.82, 2.24) is 10.2 Å². The van der Waals surface area contributed by atoms with Gasteiger partial charge in [0.2, 0.25) is 0 Å². The minimum absolute atomic E-state index is 0.463. The predicted octanol–water partition coefficient (Wildman–Crippen LogP) is 3.13. The lowest BCUT2D eigenvalue weighted by molar-refractivity contribution is 0.160. The molecule has 0 aromatic heterocycles. The van der Waals surface area contributed by atoms with Gasteiger partial charge in [-0.2, -0.15) is 0 Å². The normalized spacial score (nSPS) is 25.6. The van der Waals surface area contributed by atoms with Gasteiger partial charge < -0.3 is 10.2 Å². The summed E-state index contributed by atoms with van der Waals surface area (Å²) in [6.45, 7) is 16.7. The van der Waals surface area contributed by atoms with E-state index in [-0.39, 0.29) is 0 Å². The molecule has 102 valence electrons. The summed E-state index contributed by atoms with van der Waals surface area (Å²) in [5.74, 6) is 0.792. The van der Waals surface area contributed by atoms with Gasteiger partial charge in [-0.25, -0.2) is 0 Å². The molecule has 2 unspecified atom stereocenters. The summed E-state index contributed by atoms with van der Waals surface area (Å²) in [7, 11) is 0. The third-order valence-electron chi connectivity index (χ3n) is 4.45. The molecule has 2 atom stereocenters. The van der Waals surface area contributed by atoms with Crippen LogP contribution in [0.1, 0.15) is 53.9 Å². The van der Waals surface area contributed by atoms with E-state index < -0.39 is 0 Å². The van der Waals surface area contributed by atoms with E-state index in [2.05, 4.69) is 44.8 Å². The standard InChI is InChI=1S/C15H32N2/c1-6-13(3)14-11-17(10-8-9-16-14)12-15(4,5)7-2/h13-14,16H,6-12H2,1-5H3. The van der Waals surface area contributed by atoms with Crippen molar-refractivity contribution < 1.29 is 0 Å². The van der Waals surface area contributed by atoms with Crippen LogP contribution in [0.15, 0.2) is 0 Å². The van der Waals surface area contributed by atoms with Crippen LogP contribution in [0.5, 0.6) is 0 Å². The molecule has 1 saturated heterocycles. The molecule has 0 amide bonds. The van der Waals surface area contributed by atoms with Gasteiger partial charge in [0.05, 0.1) is 0 Å². The monoisotopic (exact) mass is 240 g/mol. The minimum Gasteiger partial charge on any atom is -0.312 e. The molecule has 0 aromatic carbocycles. The number of nitrogens with one attached hydrogen (secondary N) is 1. The molecule has 1 N–H and O–H groups in total. The van der Waals surface area contributed by atoms with Gasteiger partial charge >= 0.3 is 0 Å². The largest absolute Gasteiger partial charge is 0.312 e. The molecule has 2 heteroatoms. The summed E-state index contributed by atoms with van der Waals surface area (Å²) in [5, 5.41) is 3.72. The fraction of sp³-hybridized carbons (Fsp3) is 1.00. The molecule has 1 rings (SSSR count). The van der Waals surface area contributed by atoms with Gasteiger partial charge in [0.25, 0.3) is 0 Å². The summed E-state index contributed by atoms with van der Waals surface area (Å²) in [6.07, 6.45) is 3.85. The fourth-order valence-corrected chi connectivity index (χ4v) is 2.55. The van der Waals surface area contributed by atoms with Gasteiger partial charge in [0, 0.05) is 19.1 Å². The van der Waals surface area contributed by atoms with E-state index in [4.69, 9.17) is 0 Å².